The van der Waals surface area contributed by atoms with Crippen molar-refractivity contribution in [2.45, 2.75) is 13.5 Å². The second-order valence-electron chi connectivity index (χ2n) is 3.25. The number of aryl methyl sites for hydroxylation is 1. The fraction of sp³-hybridized carbons (Fsp3) is 0.400. The minimum absolute atomic E-state index is 0.391. The zero-order valence-corrected chi connectivity index (χ0v) is 7.76. The standard InChI is InChI=1S/C10H14NO/c1-8-5-4-6-9(10(8)12)7-11(2)3/h5-6,12H,7H2,1-3H3. The van der Waals surface area contributed by atoms with Gasteiger partial charge < -0.3 is 10.0 Å². The third-order valence-electron chi connectivity index (χ3n) is 1.72. The van der Waals surface area contributed by atoms with Gasteiger partial charge in [0, 0.05) is 12.1 Å². The Labute approximate surface area is 73.4 Å². The molecule has 0 saturated heterocycles. The van der Waals surface area contributed by atoms with Gasteiger partial charge >= 0.3 is 0 Å². The first kappa shape index (κ1) is 9.07. The van der Waals surface area contributed by atoms with Gasteiger partial charge in [0.05, 0.1) is 0 Å². The van der Waals surface area contributed by atoms with Crippen LogP contribution in [-0.2, 0) is 6.54 Å². The lowest BCUT2D eigenvalue weighted by molar-refractivity contribution is 0.385. The Morgan fingerprint density at radius 3 is 2.67 bits per heavy atom. The van der Waals surface area contributed by atoms with Crippen molar-refractivity contribution >= 4 is 0 Å². The minimum Gasteiger partial charge on any atom is -0.507 e. The Kier molecular flexibility index (Phi) is 2.71. The van der Waals surface area contributed by atoms with Crippen molar-refractivity contribution in [3.63, 3.8) is 0 Å². The van der Waals surface area contributed by atoms with E-state index in [9.17, 15) is 5.11 Å². The molecule has 0 amide bonds. The molecule has 0 heterocycles. The van der Waals surface area contributed by atoms with E-state index in [2.05, 4.69) is 6.07 Å². The molecule has 0 atom stereocenters. The van der Waals surface area contributed by atoms with Crippen LogP contribution in [0.25, 0.3) is 0 Å². The number of aromatic hydroxyl groups is 1. The zero-order chi connectivity index (χ0) is 9.14. The van der Waals surface area contributed by atoms with E-state index >= 15 is 0 Å². The number of phenolic OH excluding ortho intramolecular Hbond substituents is 1. The van der Waals surface area contributed by atoms with Gasteiger partial charge in [0.2, 0.25) is 0 Å². The van der Waals surface area contributed by atoms with E-state index in [4.69, 9.17) is 0 Å². The lowest BCUT2D eigenvalue weighted by Gasteiger charge is -2.11. The summed E-state index contributed by atoms with van der Waals surface area (Å²) in [5.41, 5.74) is 1.81. The monoisotopic (exact) mass is 164 g/mol. The van der Waals surface area contributed by atoms with E-state index in [0.717, 1.165) is 17.7 Å². The smallest absolute Gasteiger partial charge is 0.123 e. The van der Waals surface area contributed by atoms with Crippen LogP contribution in [0.3, 0.4) is 0 Å². The van der Waals surface area contributed by atoms with Crippen molar-refractivity contribution in [3.05, 3.63) is 29.3 Å². The van der Waals surface area contributed by atoms with E-state index in [1.807, 2.05) is 32.0 Å². The molecule has 0 aliphatic rings. The normalized spacial score (nSPS) is 10.7. The van der Waals surface area contributed by atoms with E-state index in [0.29, 0.717) is 5.75 Å². The van der Waals surface area contributed by atoms with Crippen LogP contribution in [0.1, 0.15) is 11.1 Å². The maximum atomic E-state index is 9.60. The van der Waals surface area contributed by atoms with E-state index in [1.165, 1.54) is 0 Å². The van der Waals surface area contributed by atoms with Crippen LogP contribution in [-0.4, -0.2) is 24.1 Å². The highest BCUT2D eigenvalue weighted by molar-refractivity contribution is 5.38. The quantitative estimate of drug-likeness (QED) is 0.717. The average molecular weight is 164 g/mol. The third-order valence-corrected chi connectivity index (χ3v) is 1.72. The van der Waals surface area contributed by atoms with Crippen LogP contribution in [0.4, 0.5) is 0 Å². The van der Waals surface area contributed by atoms with Crippen molar-refractivity contribution in [2.24, 2.45) is 0 Å². The summed E-state index contributed by atoms with van der Waals surface area (Å²) in [6.45, 7) is 2.63. The third kappa shape index (κ3) is 1.98. The molecule has 0 fully saturated rings. The molecule has 0 unspecified atom stereocenters. The molecule has 1 aromatic carbocycles. The summed E-state index contributed by atoms with van der Waals surface area (Å²) in [4.78, 5) is 2.02. The van der Waals surface area contributed by atoms with Crippen LogP contribution in [0, 0.1) is 13.0 Å². The van der Waals surface area contributed by atoms with E-state index in [-0.39, 0.29) is 0 Å². The summed E-state index contributed by atoms with van der Waals surface area (Å²) in [6, 6.07) is 6.60. The number of benzene rings is 1. The summed E-state index contributed by atoms with van der Waals surface area (Å²) >= 11 is 0. The molecular formula is C10H14NO. The number of rotatable bonds is 2. The Balaban J connectivity index is 2.92. The molecule has 2 heteroatoms. The maximum Gasteiger partial charge on any atom is 0.123 e. The number of nitrogens with zero attached hydrogens (tertiary/aromatic N) is 1. The predicted octanol–water partition coefficient (Wildman–Crippen LogP) is 1.56. The molecule has 0 aliphatic heterocycles. The fourth-order valence-electron chi connectivity index (χ4n) is 1.12. The molecule has 0 bridgehead atoms. The molecule has 2 nitrogen and oxygen atoms in total. The lowest BCUT2D eigenvalue weighted by Crippen LogP contribution is -2.10. The van der Waals surface area contributed by atoms with Crippen molar-refractivity contribution in [1.82, 2.24) is 4.90 Å². The SMILES string of the molecule is Cc1c[c]cc(CN(C)C)c1O. The van der Waals surface area contributed by atoms with Gasteiger partial charge in [0.15, 0.2) is 0 Å². The first-order valence-corrected chi connectivity index (χ1v) is 3.94. The van der Waals surface area contributed by atoms with E-state index in [1.54, 1.807) is 6.07 Å². The number of hydrogen-bond acceptors (Lipinski definition) is 2. The molecule has 0 aromatic heterocycles. The highest BCUT2D eigenvalue weighted by Gasteiger charge is 2.03. The van der Waals surface area contributed by atoms with Crippen LogP contribution in [0.5, 0.6) is 5.75 Å². The first-order valence-electron chi connectivity index (χ1n) is 3.94. The van der Waals surface area contributed by atoms with Crippen LogP contribution in [0.2, 0.25) is 0 Å². The van der Waals surface area contributed by atoms with Crippen LogP contribution >= 0.6 is 0 Å². The zero-order valence-electron chi connectivity index (χ0n) is 7.76. The summed E-state index contributed by atoms with van der Waals surface area (Å²) in [5.74, 6) is 0.391. The molecule has 65 valence electrons. The Morgan fingerprint density at radius 2 is 2.08 bits per heavy atom. The van der Waals surface area contributed by atoms with E-state index < -0.39 is 0 Å². The lowest BCUT2D eigenvalue weighted by atomic mass is 10.1. The predicted molar refractivity (Wildman–Crippen MR) is 49.1 cm³/mol. The molecular weight excluding hydrogens is 150 g/mol. The maximum absolute atomic E-state index is 9.60. The Hall–Kier alpha value is -1.02. The van der Waals surface area contributed by atoms with Gasteiger partial charge in [-0.2, -0.15) is 0 Å². The molecule has 1 aromatic rings. The second-order valence-corrected chi connectivity index (χ2v) is 3.25. The second kappa shape index (κ2) is 3.59. The van der Waals surface area contributed by atoms with Gasteiger partial charge in [0.1, 0.15) is 5.75 Å². The summed E-state index contributed by atoms with van der Waals surface area (Å²) < 4.78 is 0. The molecule has 0 spiro atoms. The molecule has 1 rings (SSSR count). The van der Waals surface area contributed by atoms with Gasteiger partial charge in [-0.15, -0.1) is 0 Å². The number of phenols is 1. The Morgan fingerprint density at radius 1 is 1.42 bits per heavy atom. The van der Waals surface area contributed by atoms with Gasteiger partial charge in [0.25, 0.3) is 0 Å². The van der Waals surface area contributed by atoms with Gasteiger partial charge in [-0.3, -0.25) is 0 Å². The summed E-state index contributed by atoms with van der Waals surface area (Å²) in [5, 5.41) is 9.60. The molecule has 1 N–H and O–H groups in total. The highest BCUT2D eigenvalue weighted by Crippen LogP contribution is 2.21. The first-order chi connectivity index (χ1) is 5.61. The Bertz CT molecular complexity index is 269. The average Bonchev–Trinajstić information content (AvgIpc) is 1.98. The molecule has 12 heavy (non-hydrogen) atoms. The van der Waals surface area contributed by atoms with Crippen molar-refractivity contribution in [1.29, 1.82) is 0 Å². The van der Waals surface area contributed by atoms with Crippen LogP contribution < -0.4 is 0 Å². The van der Waals surface area contributed by atoms with Gasteiger partial charge in [-0.1, -0.05) is 0 Å². The van der Waals surface area contributed by atoms with Crippen molar-refractivity contribution in [2.75, 3.05) is 14.1 Å². The van der Waals surface area contributed by atoms with Gasteiger partial charge in [-0.05, 0) is 44.8 Å². The fourth-order valence-corrected chi connectivity index (χ4v) is 1.12. The summed E-state index contributed by atoms with van der Waals surface area (Å²) in [6.07, 6.45) is 0. The highest BCUT2D eigenvalue weighted by atomic mass is 16.3. The molecule has 0 aliphatic carbocycles. The number of hydrogen-bond donors (Lipinski definition) is 1. The summed E-state index contributed by atoms with van der Waals surface area (Å²) in [7, 11) is 3.95. The van der Waals surface area contributed by atoms with Crippen molar-refractivity contribution < 1.29 is 5.11 Å². The van der Waals surface area contributed by atoms with Crippen molar-refractivity contribution in [3.8, 4) is 5.75 Å². The topological polar surface area (TPSA) is 23.5 Å². The van der Waals surface area contributed by atoms with Crippen LogP contribution in [0.15, 0.2) is 12.1 Å². The van der Waals surface area contributed by atoms with Gasteiger partial charge in [-0.25, -0.2) is 0 Å². The minimum atomic E-state index is 0.391. The largest absolute Gasteiger partial charge is 0.507 e. The molecule has 1 radical (unpaired) electrons. The molecule has 0 saturated carbocycles.